The lowest BCUT2D eigenvalue weighted by Gasteiger charge is -2.09. The highest BCUT2D eigenvalue weighted by Crippen LogP contribution is 2.20. The standard InChI is InChI=1S/C16H22N4O4/c1-6-13(19-22-4)11(2)18-24-14-10-8-7-9-12(14)15(20-23-5)16(21)17-3/h7-10H,6H2,1-5H3,(H,17,21)/b18-11+,19-13+,20-15-. The van der Waals surface area contributed by atoms with Crippen molar-refractivity contribution in [2.75, 3.05) is 21.3 Å². The van der Waals surface area contributed by atoms with Gasteiger partial charge in [0.15, 0.2) is 11.5 Å². The molecule has 0 atom stereocenters. The molecule has 130 valence electrons. The largest absolute Gasteiger partial charge is 0.399 e. The molecule has 0 spiro atoms. The van der Waals surface area contributed by atoms with Gasteiger partial charge in [0.05, 0.1) is 5.56 Å². The summed E-state index contributed by atoms with van der Waals surface area (Å²) in [5.74, 6) is -0.0343. The highest BCUT2D eigenvalue weighted by atomic mass is 16.6. The van der Waals surface area contributed by atoms with E-state index >= 15 is 0 Å². The maximum atomic E-state index is 12.0. The Morgan fingerprint density at radius 1 is 1.12 bits per heavy atom. The number of oxime groups is 3. The van der Waals surface area contributed by atoms with Gasteiger partial charge in [-0.1, -0.05) is 34.5 Å². The normalized spacial score (nSPS) is 12.6. The first-order valence-corrected chi connectivity index (χ1v) is 7.33. The number of para-hydroxylation sites is 1. The molecule has 1 rings (SSSR count). The van der Waals surface area contributed by atoms with Crippen LogP contribution in [0, 0.1) is 0 Å². The Morgan fingerprint density at radius 2 is 1.79 bits per heavy atom. The molecule has 0 saturated heterocycles. The summed E-state index contributed by atoms with van der Waals surface area (Å²) >= 11 is 0. The topological polar surface area (TPSA) is 93.9 Å². The molecule has 0 aliphatic rings. The van der Waals surface area contributed by atoms with E-state index in [-0.39, 0.29) is 5.71 Å². The lowest BCUT2D eigenvalue weighted by atomic mass is 10.1. The van der Waals surface area contributed by atoms with Crippen LogP contribution in [0.2, 0.25) is 0 Å². The van der Waals surface area contributed by atoms with Crippen molar-refractivity contribution < 1.29 is 19.3 Å². The Kier molecular flexibility index (Phi) is 7.97. The lowest BCUT2D eigenvalue weighted by molar-refractivity contribution is -0.114. The average Bonchev–Trinajstić information content (AvgIpc) is 2.61. The van der Waals surface area contributed by atoms with E-state index < -0.39 is 5.91 Å². The number of hydrogen-bond donors (Lipinski definition) is 1. The predicted molar refractivity (Wildman–Crippen MR) is 92.5 cm³/mol. The molecule has 8 nitrogen and oxygen atoms in total. The molecular formula is C16H22N4O4. The Morgan fingerprint density at radius 3 is 2.38 bits per heavy atom. The molecule has 0 saturated carbocycles. The Hall–Kier alpha value is -2.90. The lowest BCUT2D eigenvalue weighted by Crippen LogP contribution is -2.28. The van der Waals surface area contributed by atoms with Crippen LogP contribution >= 0.6 is 0 Å². The van der Waals surface area contributed by atoms with Gasteiger partial charge in [-0.05, 0) is 25.5 Å². The van der Waals surface area contributed by atoms with E-state index in [0.29, 0.717) is 29.2 Å². The summed E-state index contributed by atoms with van der Waals surface area (Å²) < 4.78 is 0. The number of likely N-dealkylation sites (N-methyl/N-ethyl adjacent to an activating group) is 1. The van der Waals surface area contributed by atoms with Crippen LogP contribution in [0.25, 0.3) is 0 Å². The highest BCUT2D eigenvalue weighted by molar-refractivity contribution is 6.45. The second-order valence-electron chi connectivity index (χ2n) is 4.54. The fraction of sp³-hybridized carbons (Fsp3) is 0.375. The first-order valence-electron chi connectivity index (χ1n) is 7.33. The van der Waals surface area contributed by atoms with Crippen molar-refractivity contribution in [2.24, 2.45) is 15.5 Å². The number of benzene rings is 1. The minimum Gasteiger partial charge on any atom is -0.399 e. The molecule has 1 aromatic rings. The highest BCUT2D eigenvalue weighted by Gasteiger charge is 2.18. The maximum Gasteiger partial charge on any atom is 0.273 e. The van der Waals surface area contributed by atoms with Gasteiger partial charge in [0.25, 0.3) is 5.91 Å². The van der Waals surface area contributed by atoms with Crippen molar-refractivity contribution in [2.45, 2.75) is 20.3 Å². The molecule has 0 aromatic heterocycles. The zero-order valence-corrected chi connectivity index (χ0v) is 14.5. The van der Waals surface area contributed by atoms with Gasteiger partial charge in [0.2, 0.25) is 0 Å². The van der Waals surface area contributed by atoms with Gasteiger partial charge < -0.3 is 19.8 Å². The minimum atomic E-state index is -0.399. The van der Waals surface area contributed by atoms with Gasteiger partial charge >= 0.3 is 0 Å². The number of carbonyl (C=O) groups is 1. The number of nitrogens with zero attached hydrogens (tertiary/aromatic N) is 3. The van der Waals surface area contributed by atoms with Crippen LogP contribution in [0.1, 0.15) is 25.8 Å². The summed E-state index contributed by atoms with van der Waals surface area (Å²) in [5, 5.41) is 14.2. The van der Waals surface area contributed by atoms with Gasteiger partial charge in [-0.2, -0.15) is 0 Å². The Bertz CT molecular complexity index is 653. The number of rotatable bonds is 8. The van der Waals surface area contributed by atoms with Crippen molar-refractivity contribution in [1.29, 1.82) is 0 Å². The fourth-order valence-electron chi connectivity index (χ4n) is 1.83. The van der Waals surface area contributed by atoms with E-state index in [4.69, 9.17) is 14.5 Å². The van der Waals surface area contributed by atoms with Crippen molar-refractivity contribution in [3.63, 3.8) is 0 Å². The van der Waals surface area contributed by atoms with E-state index in [1.54, 1.807) is 31.2 Å². The summed E-state index contributed by atoms with van der Waals surface area (Å²) in [7, 11) is 4.34. The zero-order chi connectivity index (χ0) is 17.9. The molecule has 0 fully saturated rings. The minimum absolute atomic E-state index is 0.0877. The van der Waals surface area contributed by atoms with Crippen LogP contribution in [-0.2, 0) is 14.5 Å². The summed E-state index contributed by atoms with van der Waals surface area (Å²) in [4.78, 5) is 27.0. The van der Waals surface area contributed by atoms with Crippen molar-refractivity contribution in [3.05, 3.63) is 29.8 Å². The number of hydrogen-bond acceptors (Lipinski definition) is 7. The van der Waals surface area contributed by atoms with E-state index in [0.717, 1.165) is 0 Å². The van der Waals surface area contributed by atoms with Crippen molar-refractivity contribution >= 4 is 23.0 Å². The summed E-state index contributed by atoms with van der Waals surface area (Å²) in [5.41, 5.74) is 1.77. The third-order valence-corrected chi connectivity index (χ3v) is 3.00. The second kappa shape index (κ2) is 9.98. The van der Waals surface area contributed by atoms with Crippen molar-refractivity contribution in [3.8, 4) is 5.75 Å². The molecule has 1 aromatic carbocycles. The molecule has 0 aliphatic heterocycles. The third kappa shape index (κ3) is 5.08. The number of amides is 1. The predicted octanol–water partition coefficient (Wildman–Crippen LogP) is 1.95. The smallest absolute Gasteiger partial charge is 0.273 e. The van der Waals surface area contributed by atoms with Gasteiger partial charge in [-0.15, -0.1) is 0 Å². The number of nitrogens with one attached hydrogen (secondary N) is 1. The van der Waals surface area contributed by atoms with Gasteiger partial charge in [0, 0.05) is 7.05 Å². The van der Waals surface area contributed by atoms with Gasteiger partial charge in [0.1, 0.15) is 25.6 Å². The number of carbonyl (C=O) groups excluding carboxylic acids is 1. The van der Waals surface area contributed by atoms with Crippen LogP contribution < -0.4 is 10.2 Å². The molecular weight excluding hydrogens is 312 g/mol. The molecule has 0 heterocycles. The maximum absolute atomic E-state index is 12.0. The molecule has 0 unspecified atom stereocenters. The second-order valence-corrected chi connectivity index (χ2v) is 4.54. The summed E-state index contributed by atoms with van der Waals surface area (Å²) in [6.45, 7) is 3.69. The zero-order valence-electron chi connectivity index (χ0n) is 14.5. The van der Waals surface area contributed by atoms with Crippen LogP contribution in [0.3, 0.4) is 0 Å². The summed E-state index contributed by atoms with van der Waals surface area (Å²) in [6, 6.07) is 6.90. The molecule has 8 heteroatoms. The SMILES string of the molecule is CCC(=N\OC)/C(C)=N/Oc1ccccc1/C(=N/OC)C(=O)NC. The molecule has 1 amide bonds. The van der Waals surface area contributed by atoms with Crippen LogP contribution in [0.4, 0.5) is 0 Å². The molecule has 0 bridgehead atoms. The van der Waals surface area contributed by atoms with Crippen LogP contribution in [-0.4, -0.2) is 44.3 Å². The molecule has 0 radical (unpaired) electrons. The van der Waals surface area contributed by atoms with Crippen molar-refractivity contribution in [1.82, 2.24) is 5.32 Å². The molecule has 1 N–H and O–H groups in total. The summed E-state index contributed by atoms with van der Waals surface area (Å²) in [6.07, 6.45) is 0.642. The van der Waals surface area contributed by atoms with Gasteiger partial charge in [-0.3, -0.25) is 4.79 Å². The van der Waals surface area contributed by atoms with Crippen LogP contribution in [0.5, 0.6) is 5.75 Å². The van der Waals surface area contributed by atoms with E-state index in [1.807, 2.05) is 6.92 Å². The first kappa shape index (κ1) is 19.1. The monoisotopic (exact) mass is 334 g/mol. The Labute approximate surface area is 141 Å². The first-order chi connectivity index (χ1) is 11.6. The Balaban J connectivity index is 3.17. The van der Waals surface area contributed by atoms with E-state index in [2.05, 4.69) is 20.8 Å². The van der Waals surface area contributed by atoms with E-state index in [9.17, 15) is 4.79 Å². The molecule has 0 aliphatic carbocycles. The average molecular weight is 334 g/mol. The quantitative estimate of drug-likeness (QED) is 0.581. The fourth-order valence-corrected chi connectivity index (χ4v) is 1.83. The van der Waals surface area contributed by atoms with E-state index in [1.165, 1.54) is 21.3 Å². The third-order valence-electron chi connectivity index (χ3n) is 3.00. The van der Waals surface area contributed by atoms with Gasteiger partial charge in [-0.25, -0.2) is 0 Å². The molecule has 24 heavy (non-hydrogen) atoms. The van der Waals surface area contributed by atoms with Crippen LogP contribution in [0.15, 0.2) is 39.7 Å².